The van der Waals surface area contributed by atoms with Gasteiger partial charge < -0.3 is 11.1 Å². The van der Waals surface area contributed by atoms with Crippen molar-refractivity contribution in [2.45, 2.75) is 0 Å². The van der Waals surface area contributed by atoms with Crippen molar-refractivity contribution in [1.82, 2.24) is 4.98 Å². The zero-order valence-corrected chi connectivity index (χ0v) is 9.33. The molecule has 0 saturated carbocycles. The number of nitrogens with one attached hydrogen (secondary N) is 1. The lowest BCUT2D eigenvalue weighted by molar-refractivity contribution is -0.114. The molecule has 0 radical (unpaired) electrons. The van der Waals surface area contributed by atoms with Gasteiger partial charge in [-0.05, 0) is 0 Å². The quantitative estimate of drug-likeness (QED) is 0.848. The van der Waals surface area contributed by atoms with Gasteiger partial charge in [-0.1, -0.05) is 30.3 Å². The minimum absolute atomic E-state index is 0.0275. The highest BCUT2D eigenvalue weighted by atomic mass is 32.1. The van der Waals surface area contributed by atoms with Gasteiger partial charge in [0, 0.05) is 10.9 Å². The summed E-state index contributed by atoms with van der Waals surface area (Å²) in [7, 11) is 0. The number of benzene rings is 1. The molecule has 5 heteroatoms. The Labute approximate surface area is 97.1 Å². The molecule has 82 valence electrons. The number of rotatable bonds is 3. The first-order valence-corrected chi connectivity index (χ1v) is 5.68. The fourth-order valence-electron chi connectivity index (χ4n) is 1.24. The van der Waals surface area contributed by atoms with Gasteiger partial charge in [-0.2, -0.15) is 0 Å². The average Bonchev–Trinajstić information content (AvgIpc) is 2.78. The van der Waals surface area contributed by atoms with Crippen molar-refractivity contribution in [3.63, 3.8) is 0 Å². The van der Waals surface area contributed by atoms with Crippen LogP contribution in [-0.2, 0) is 4.79 Å². The van der Waals surface area contributed by atoms with Crippen LogP contribution in [0.2, 0.25) is 0 Å². The highest BCUT2D eigenvalue weighted by Crippen LogP contribution is 2.24. The van der Waals surface area contributed by atoms with E-state index in [2.05, 4.69) is 10.3 Å². The zero-order valence-electron chi connectivity index (χ0n) is 8.51. The molecule has 0 unspecified atom stereocenters. The second-order valence-electron chi connectivity index (χ2n) is 3.16. The topological polar surface area (TPSA) is 68.0 Å². The van der Waals surface area contributed by atoms with Gasteiger partial charge >= 0.3 is 0 Å². The summed E-state index contributed by atoms with van der Waals surface area (Å²) >= 11 is 1.39. The van der Waals surface area contributed by atoms with Crippen molar-refractivity contribution in [3.8, 4) is 11.3 Å². The summed E-state index contributed by atoms with van der Waals surface area (Å²) in [6.45, 7) is -0.0275. The number of nitrogens with two attached hydrogens (primary N) is 1. The molecule has 0 atom stereocenters. The van der Waals surface area contributed by atoms with Crippen LogP contribution in [-0.4, -0.2) is 17.4 Å². The maximum atomic E-state index is 11.1. The van der Waals surface area contributed by atoms with E-state index >= 15 is 0 Å². The van der Waals surface area contributed by atoms with E-state index in [1.54, 1.807) is 0 Å². The van der Waals surface area contributed by atoms with Gasteiger partial charge in [-0.15, -0.1) is 11.3 Å². The molecule has 2 rings (SSSR count). The minimum Gasteiger partial charge on any atom is -0.322 e. The molecule has 0 bridgehead atoms. The van der Waals surface area contributed by atoms with E-state index in [-0.39, 0.29) is 12.5 Å². The van der Waals surface area contributed by atoms with Gasteiger partial charge in [0.1, 0.15) is 0 Å². The predicted molar refractivity (Wildman–Crippen MR) is 65.2 cm³/mol. The number of aromatic nitrogens is 1. The maximum Gasteiger partial charge on any atom is 0.239 e. The SMILES string of the molecule is NCC(=O)Nc1nc(-c2ccccc2)cs1. The van der Waals surface area contributed by atoms with Crippen LogP contribution >= 0.6 is 11.3 Å². The van der Waals surface area contributed by atoms with E-state index in [4.69, 9.17) is 5.73 Å². The van der Waals surface area contributed by atoms with Gasteiger partial charge in [0.25, 0.3) is 0 Å². The van der Waals surface area contributed by atoms with E-state index in [1.165, 1.54) is 11.3 Å². The molecule has 2 aromatic rings. The Morgan fingerprint density at radius 2 is 2.12 bits per heavy atom. The number of carbonyl (C=O) groups is 1. The largest absolute Gasteiger partial charge is 0.322 e. The Hall–Kier alpha value is -1.72. The van der Waals surface area contributed by atoms with Crippen LogP contribution in [0.1, 0.15) is 0 Å². The molecule has 1 heterocycles. The number of amides is 1. The fourth-order valence-corrected chi connectivity index (χ4v) is 1.98. The highest BCUT2D eigenvalue weighted by molar-refractivity contribution is 7.14. The average molecular weight is 233 g/mol. The zero-order chi connectivity index (χ0) is 11.4. The number of carbonyl (C=O) groups excluding carboxylic acids is 1. The van der Waals surface area contributed by atoms with E-state index in [0.29, 0.717) is 5.13 Å². The smallest absolute Gasteiger partial charge is 0.239 e. The molecule has 1 aromatic heterocycles. The first-order chi connectivity index (χ1) is 7.79. The number of anilines is 1. The first kappa shape index (κ1) is 10.8. The van der Waals surface area contributed by atoms with Crippen LogP contribution in [0.4, 0.5) is 5.13 Å². The maximum absolute atomic E-state index is 11.1. The van der Waals surface area contributed by atoms with Gasteiger partial charge in [-0.25, -0.2) is 4.98 Å². The molecule has 0 aliphatic rings. The fraction of sp³-hybridized carbons (Fsp3) is 0.0909. The molecule has 3 N–H and O–H groups in total. The molecule has 16 heavy (non-hydrogen) atoms. The van der Waals surface area contributed by atoms with E-state index in [1.807, 2.05) is 35.7 Å². The Morgan fingerprint density at radius 3 is 2.81 bits per heavy atom. The summed E-state index contributed by atoms with van der Waals surface area (Å²) in [6.07, 6.45) is 0. The lowest BCUT2D eigenvalue weighted by atomic mass is 10.2. The van der Waals surface area contributed by atoms with Gasteiger partial charge in [0.05, 0.1) is 12.2 Å². The third kappa shape index (κ3) is 2.44. The van der Waals surface area contributed by atoms with Gasteiger partial charge in [0.2, 0.25) is 5.91 Å². The lowest BCUT2D eigenvalue weighted by Crippen LogP contribution is -2.21. The highest BCUT2D eigenvalue weighted by Gasteiger charge is 2.05. The molecule has 0 saturated heterocycles. The third-order valence-electron chi connectivity index (χ3n) is 2.01. The molecule has 0 aliphatic carbocycles. The van der Waals surface area contributed by atoms with Crippen molar-refractivity contribution < 1.29 is 4.79 Å². The molecule has 1 aromatic carbocycles. The number of nitrogens with zero attached hydrogens (tertiary/aromatic N) is 1. The Morgan fingerprint density at radius 1 is 1.38 bits per heavy atom. The first-order valence-electron chi connectivity index (χ1n) is 4.80. The van der Waals surface area contributed by atoms with Crippen LogP contribution in [0.15, 0.2) is 35.7 Å². The summed E-state index contributed by atoms with van der Waals surface area (Å²) in [5.74, 6) is -0.228. The minimum atomic E-state index is -0.228. The number of hydrogen-bond donors (Lipinski definition) is 2. The predicted octanol–water partition coefficient (Wildman–Crippen LogP) is 1.71. The molecule has 0 fully saturated rings. The van der Waals surface area contributed by atoms with Crippen LogP contribution in [0.5, 0.6) is 0 Å². The van der Waals surface area contributed by atoms with E-state index < -0.39 is 0 Å². The summed E-state index contributed by atoms with van der Waals surface area (Å²) in [5, 5.41) is 5.11. The lowest BCUT2D eigenvalue weighted by Gasteiger charge is -1.97. The number of hydrogen-bond acceptors (Lipinski definition) is 4. The third-order valence-corrected chi connectivity index (χ3v) is 2.76. The Balaban J connectivity index is 2.17. The normalized spacial score (nSPS) is 10.1. The Bertz CT molecular complexity index is 481. The molecule has 4 nitrogen and oxygen atoms in total. The summed E-state index contributed by atoms with van der Waals surface area (Å²) < 4.78 is 0. The van der Waals surface area contributed by atoms with Crippen molar-refractivity contribution >= 4 is 22.4 Å². The molecular weight excluding hydrogens is 222 g/mol. The van der Waals surface area contributed by atoms with Crippen LogP contribution in [0.3, 0.4) is 0 Å². The number of thiazole rings is 1. The van der Waals surface area contributed by atoms with E-state index in [0.717, 1.165) is 11.3 Å². The molecular formula is C11H11N3OS. The molecule has 0 aliphatic heterocycles. The van der Waals surface area contributed by atoms with Crippen molar-refractivity contribution in [2.75, 3.05) is 11.9 Å². The molecule has 1 amide bonds. The van der Waals surface area contributed by atoms with Crippen molar-refractivity contribution in [1.29, 1.82) is 0 Å². The van der Waals surface area contributed by atoms with Gasteiger partial charge in [-0.3, -0.25) is 4.79 Å². The second-order valence-corrected chi connectivity index (χ2v) is 4.01. The van der Waals surface area contributed by atoms with Crippen molar-refractivity contribution in [3.05, 3.63) is 35.7 Å². The van der Waals surface area contributed by atoms with E-state index in [9.17, 15) is 4.79 Å². The van der Waals surface area contributed by atoms with Crippen LogP contribution in [0, 0.1) is 0 Å². The van der Waals surface area contributed by atoms with Crippen LogP contribution in [0.25, 0.3) is 11.3 Å². The standard InChI is InChI=1S/C11H11N3OS/c12-6-10(15)14-11-13-9(7-16-11)8-4-2-1-3-5-8/h1-5,7H,6,12H2,(H,13,14,15). The second kappa shape index (κ2) is 4.87. The summed E-state index contributed by atoms with van der Waals surface area (Å²) in [6, 6.07) is 9.81. The monoisotopic (exact) mass is 233 g/mol. The summed E-state index contributed by atoms with van der Waals surface area (Å²) in [5.41, 5.74) is 7.10. The van der Waals surface area contributed by atoms with Crippen molar-refractivity contribution in [2.24, 2.45) is 5.73 Å². The van der Waals surface area contributed by atoms with Crippen LogP contribution < -0.4 is 11.1 Å². The molecule has 0 spiro atoms. The van der Waals surface area contributed by atoms with Gasteiger partial charge in [0.15, 0.2) is 5.13 Å². The summed E-state index contributed by atoms with van der Waals surface area (Å²) in [4.78, 5) is 15.4. The Kier molecular flexibility index (Phi) is 3.28.